The molecule has 0 spiro atoms. The van der Waals surface area contributed by atoms with Crippen LogP contribution >= 0.6 is 12.9 Å². The summed E-state index contributed by atoms with van der Waals surface area (Å²) in [6.45, 7) is 0. The van der Waals surface area contributed by atoms with Gasteiger partial charge in [-0.05, 0) is 18.1 Å². The minimum absolute atomic E-state index is 0.183. The lowest BCUT2D eigenvalue weighted by atomic mass is 10.2. The summed E-state index contributed by atoms with van der Waals surface area (Å²) in [5, 5.41) is 0. The van der Waals surface area contributed by atoms with Crippen LogP contribution in [0.5, 0.6) is 5.75 Å². The van der Waals surface area contributed by atoms with Crippen LogP contribution in [0.25, 0.3) is 0 Å². The summed E-state index contributed by atoms with van der Waals surface area (Å²) in [6.07, 6.45) is 1.10. The molecule has 1 aromatic carbocycles. The highest BCUT2D eigenvalue weighted by molar-refractivity contribution is 9.23. The van der Waals surface area contributed by atoms with Crippen molar-refractivity contribution in [1.29, 1.82) is 0 Å². The van der Waals surface area contributed by atoms with Gasteiger partial charge in [-0.1, -0.05) is 18.2 Å². The molecule has 1 heterocycles. The van der Waals surface area contributed by atoms with Gasteiger partial charge in [0.25, 0.3) is 0 Å². The second-order valence-corrected chi connectivity index (χ2v) is 5.87. The Hall–Kier alpha value is 0.266. The maximum absolute atomic E-state index is 5.67. The van der Waals surface area contributed by atoms with E-state index in [1.54, 1.807) is 0 Å². The average molecular weight is 223 g/mol. The topological polar surface area (TPSA) is 9.23 Å². The molecule has 1 aliphatic heterocycles. The first kappa shape index (κ1) is 7.89. The van der Waals surface area contributed by atoms with E-state index in [0.717, 1.165) is 12.2 Å². The lowest BCUT2D eigenvalue weighted by Crippen LogP contribution is -2.16. The fourth-order valence-corrected chi connectivity index (χ4v) is 3.09. The van der Waals surface area contributed by atoms with Crippen LogP contribution in [0.1, 0.15) is 5.56 Å². The third-order valence-electron chi connectivity index (χ3n) is 1.89. The SMILES string of the molecule is [Br][Mg][CH]1Cc2ccccc2O1. The molecule has 1 aliphatic rings. The molecule has 0 bridgehead atoms. The Labute approximate surface area is 81.7 Å². The fourth-order valence-electron chi connectivity index (χ4n) is 1.34. The van der Waals surface area contributed by atoms with E-state index in [1.165, 1.54) is 5.56 Å². The number of para-hydroxylation sites is 1. The van der Waals surface area contributed by atoms with Crippen LogP contribution in [0.2, 0.25) is 0 Å². The van der Waals surface area contributed by atoms with Gasteiger partial charge in [0, 0.05) is 4.23 Å². The third kappa shape index (κ3) is 1.55. The van der Waals surface area contributed by atoms with Gasteiger partial charge in [0.15, 0.2) is 0 Å². The minimum atomic E-state index is -0.183. The molecular weight excluding hydrogens is 216 g/mol. The van der Waals surface area contributed by atoms with Crippen molar-refractivity contribution in [2.75, 3.05) is 0 Å². The van der Waals surface area contributed by atoms with Crippen molar-refractivity contribution in [3.63, 3.8) is 0 Å². The van der Waals surface area contributed by atoms with E-state index in [2.05, 4.69) is 25.0 Å². The van der Waals surface area contributed by atoms with Crippen LogP contribution in [0.15, 0.2) is 24.3 Å². The van der Waals surface area contributed by atoms with E-state index >= 15 is 0 Å². The first-order valence-corrected chi connectivity index (χ1v) is 8.42. The quantitative estimate of drug-likeness (QED) is 0.661. The first-order chi connectivity index (χ1) is 5.40. The standard InChI is InChI=1S/C8H7O.BrH.Mg/c1-2-4-8-7(3-1)5-6-9-8;;/h1-4,6H,5H2;1H;/q;;+1/p-1. The molecule has 3 heteroatoms. The van der Waals surface area contributed by atoms with Crippen LogP contribution in [0.3, 0.4) is 0 Å². The smallest absolute Gasteiger partial charge is 0.516 e. The molecule has 0 saturated carbocycles. The van der Waals surface area contributed by atoms with Crippen LogP contribution < -0.4 is 4.74 Å². The molecule has 0 aromatic heterocycles. The molecule has 0 radical (unpaired) electrons. The Morgan fingerprint density at radius 3 is 3.00 bits per heavy atom. The zero-order valence-corrected chi connectivity index (χ0v) is 9.09. The predicted octanol–water partition coefficient (Wildman–Crippen LogP) is 1.96. The Kier molecular flexibility index (Phi) is 2.39. The molecule has 0 fully saturated rings. The molecular formula is C8H7BrMgO. The highest BCUT2D eigenvalue weighted by atomic mass is 79.9. The lowest BCUT2D eigenvalue weighted by Gasteiger charge is -2.04. The van der Waals surface area contributed by atoms with Crippen molar-refractivity contribution in [1.82, 2.24) is 0 Å². The van der Waals surface area contributed by atoms with Gasteiger partial charge in [-0.3, -0.25) is 12.9 Å². The van der Waals surface area contributed by atoms with E-state index in [9.17, 15) is 0 Å². The van der Waals surface area contributed by atoms with Crippen LogP contribution in [-0.4, -0.2) is 22.4 Å². The Morgan fingerprint density at radius 1 is 1.45 bits per heavy atom. The molecule has 54 valence electrons. The zero-order chi connectivity index (χ0) is 7.68. The maximum atomic E-state index is 5.67. The van der Waals surface area contributed by atoms with Crippen LogP contribution in [-0.2, 0) is 6.42 Å². The van der Waals surface area contributed by atoms with E-state index in [1.807, 2.05) is 12.1 Å². The van der Waals surface area contributed by atoms with E-state index < -0.39 is 0 Å². The second-order valence-electron chi connectivity index (χ2n) is 2.71. The molecule has 1 unspecified atom stereocenters. The summed E-state index contributed by atoms with van der Waals surface area (Å²) >= 11 is 3.37. The lowest BCUT2D eigenvalue weighted by molar-refractivity contribution is 0.315. The molecule has 1 nitrogen and oxygen atoms in total. The van der Waals surface area contributed by atoms with Crippen molar-refractivity contribution in [3.05, 3.63) is 29.8 Å². The summed E-state index contributed by atoms with van der Waals surface area (Å²) in [7, 11) is 0. The molecule has 0 amide bonds. The van der Waals surface area contributed by atoms with Crippen molar-refractivity contribution >= 4 is 31.1 Å². The zero-order valence-electron chi connectivity index (χ0n) is 6.09. The van der Waals surface area contributed by atoms with Gasteiger partial charge in [-0.2, -0.15) is 0 Å². The largest absolute Gasteiger partial charge is 0.527 e. The number of benzene rings is 1. The molecule has 0 aliphatic carbocycles. The Bertz CT molecular complexity index is 239. The van der Waals surface area contributed by atoms with Gasteiger partial charge in [0.05, 0.1) is 0 Å². The molecule has 0 saturated heterocycles. The van der Waals surface area contributed by atoms with Gasteiger partial charge in [0.1, 0.15) is 5.75 Å². The van der Waals surface area contributed by atoms with Crippen molar-refractivity contribution in [2.45, 2.75) is 10.7 Å². The Balaban J connectivity index is 2.27. The summed E-state index contributed by atoms with van der Waals surface area (Å²) in [5.41, 5.74) is 1.37. The highest BCUT2D eigenvalue weighted by Gasteiger charge is 2.22. The summed E-state index contributed by atoms with van der Waals surface area (Å²) < 4.78 is 6.15. The van der Waals surface area contributed by atoms with Crippen molar-refractivity contribution < 1.29 is 4.74 Å². The predicted molar refractivity (Wildman–Crippen MR) is 49.2 cm³/mol. The first-order valence-electron chi connectivity index (χ1n) is 3.70. The number of fused-ring (bicyclic) bond motifs is 1. The maximum Gasteiger partial charge on any atom is 0.527 e. The van der Waals surface area contributed by atoms with E-state index in [-0.39, 0.29) is 18.2 Å². The fraction of sp³-hybridized carbons (Fsp3) is 0.250. The molecule has 1 aromatic rings. The van der Waals surface area contributed by atoms with Crippen molar-refractivity contribution in [3.8, 4) is 5.75 Å². The number of halogens is 1. The molecule has 11 heavy (non-hydrogen) atoms. The van der Waals surface area contributed by atoms with Crippen LogP contribution in [0.4, 0.5) is 0 Å². The van der Waals surface area contributed by atoms with Gasteiger partial charge < -0.3 is 4.74 Å². The number of ether oxygens (including phenoxy) is 1. The minimum Gasteiger partial charge on any atom is -0.516 e. The average Bonchev–Trinajstić information content (AvgIpc) is 2.46. The van der Waals surface area contributed by atoms with E-state index in [0.29, 0.717) is 4.23 Å². The van der Waals surface area contributed by atoms with Gasteiger partial charge in [-0.15, -0.1) is 0 Å². The summed E-state index contributed by atoms with van der Waals surface area (Å²) in [6, 6.07) is 8.29. The van der Waals surface area contributed by atoms with Crippen molar-refractivity contribution in [2.24, 2.45) is 0 Å². The molecule has 2 rings (SSSR count). The van der Waals surface area contributed by atoms with E-state index in [4.69, 9.17) is 4.74 Å². The molecule has 0 N–H and O–H groups in total. The van der Waals surface area contributed by atoms with Gasteiger partial charge in [0.2, 0.25) is 0 Å². The summed E-state index contributed by atoms with van der Waals surface area (Å²) in [5.74, 6) is 1.09. The number of hydrogen-bond acceptors (Lipinski definition) is 1. The van der Waals surface area contributed by atoms with Crippen LogP contribution in [0, 0.1) is 0 Å². The molecule has 1 atom stereocenters. The third-order valence-corrected chi connectivity index (χ3v) is 4.85. The monoisotopic (exact) mass is 222 g/mol. The van der Waals surface area contributed by atoms with Gasteiger partial charge >= 0.3 is 18.2 Å². The highest BCUT2D eigenvalue weighted by Crippen LogP contribution is 2.27. The Morgan fingerprint density at radius 2 is 2.27 bits per heavy atom. The normalized spacial score (nSPS) is 20.3. The number of hydrogen-bond donors (Lipinski definition) is 0. The van der Waals surface area contributed by atoms with Gasteiger partial charge in [-0.25, -0.2) is 0 Å². The number of rotatable bonds is 1. The summed E-state index contributed by atoms with van der Waals surface area (Å²) in [4.78, 5) is 0. The second kappa shape index (κ2) is 3.33.